The molecule has 7 rings (SSSR count). The highest BCUT2D eigenvalue weighted by Gasteiger charge is 2.25. The second kappa shape index (κ2) is 18.8. The van der Waals surface area contributed by atoms with E-state index in [4.69, 9.17) is 10.6 Å². The number of hydrazine groups is 1. The van der Waals surface area contributed by atoms with Crippen molar-refractivity contribution >= 4 is 39.8 Å². The Bertz CT molecular complexity index is 2610. The third-order valence-corrected chi connectivity index (χ3v) is 10.3. The number of aromatic amines is 3. The number of nitrogen functional groups attached to an aromatic ring is 1. The zero-order valence-electron chi connectivity index (χ0n) is 36.8. The molecule has 0 saturated heterocycles. The molecule has 4 aromatic carbocycles. The van der Waals surface area contributed by atoms with Gasteiger partial charge in [0.05, 0.1) is 28.7 Å². The largest absolute Gasteiger partial charge is 0.465 e. The standard InChI is InChI=1S/C23H26N4O.C17H24O3.C8H10N4/c1-14-6-11-19-20(12-14)25-22(24-19)27-21(28)18(15(2)26-27)13-16-7-9-17(10-8-16)23(3,4)5;1-6-20-16(19)15(12(2)18)11-13-7-9-14(10-8-13)17(3,4)5;1-5-2-3-6-7(4-5)11-8(10-6)12-9/h6-12,26H,13H2,1-5H3,(H,24,25);7-10,15H,6,11H2,1-5H3;2-4H,9H2,1H3,(H2,10,11,12). The van der Waals surface area contributed by atoms with Gasteiger partial charge in [-0.3, -0.25) is 24.9 Å². The normalized spacial score (nSPS) is 12.0. The van der Waals surface area contributed by atoms with E-state index < -0.39 is 11.9 Å². The van der Waals surface area contributed by atoms with Gasteiger partial charge >= 0.3 is 5.97 Å². The Labute approximate surface area is 352 Å². The van der Waals surface area contributed by atoms with E-state index >= 15 is 0 Å². The number of aryl methyl sites for hydroxylation is 3. The van der Waals surface area contributed by atoms with Crippen molar-refractivity contribution < 1.29 is 14.3 Å². The number of benzene rings is 4. The summed E-state index contributed by atoms with van der Waals surface area (Å²) in [4.78, 5) is 51.4. The summed E-state index contributed by atoms with van der Waals surface area (Å²) in [7, 11) is 0. The number of H-pyrrole nitrogens is 3. The van der Waals surface area contributed by atoms with Crippen molar-refractivity contribution in [2.75, 3.05) is 12.0 Å². The molecule has 0 amide bonds. The van der Waals surface area contributed by atoms with E-state index in [1.165, 1.54) is 28.3 Å². The number of carbonyl (C=O) groups is 2. The smallest absolute Gasteiger partial charge is 0.316 e. The number of nitrogens with two attached hydrogens (primary N) is 1. The number of nitrogens with zero attached hydrogens (tertiary/aromatic N) is 3. The lowest BCUT2D eigenvalue weighted by Crippen LogP contribution is -2.26. The Morgan fingerprint density at radius 1 is 0.767 bits per heavy atom. The van der Waals surface area contributed by atoms with Crippen molar-refractivity contribution in [3.8, 4) is 5.95 Å². The van der Waals surface area contributed by atoms with Gasteiger partial charge in [-0.2, -0.15) is 4.68 Å². The van der Waals surface area contributed by atoms with Crippen molar-refractivity contribution in [2.24, 2.45) is 11.8 Å². The number of ether oxygens (including phenoxy) is 1. The number of ketones is 1. The lowest BCUT2D eigenvalue weighted by Gasteiger charge is -2.19. The van der Waals surface area contributed by atoms with Crippen molar-refractivity contribution in [2.45, 2.75) is 99.8 Å². The Morgan fingerprint density at radius 3 is 1.78 bits per heavy atom. The maximum absolute atomic E-state index is 13.0. The average molecular weight is 813 g/mol. The highest BCUT2D eigenvalue weighted by molar-refractivity contribution is 5.98. The van der Waals surface area contributed by atoms with Gasteiger partial charge in [-0.05, 0) is 110 Å². The molecular weight excluding hydrogens is 753 g/mol. The summed E-state index contributed by atoms with van der Waals surface area (Å²) in [6.07, 6.45) is 0.997. The molecule has 7 aromatic rings. The number of rotatable bonds is 9. The van der Waals surface area contributed by atoms with Gasteiger partial charge < -0.3 is 14.7 Å². The van der Waals surface area contributed by atoms with Crippen LogP contribution in [-0.2, 0) is 38.0 Å². The summed E-state index contributed by atoms with van der Waals surface area (Å²) < 4.78 is 6.46. The summed E-state index contributed by atoms with van der Waals surface area (Å²) in [6.45, 7) is 22.5. The van der Waals surface area contributed by atoms with Crippen molar-refractivity contribution in [3.63, 3.8) is 0 Å². The Kier molecular flexibility index (Phi) is 14.0. The van der Waals surface area contributed by atoms with Crippen LogP contribution >= 0.6 is 0 Å². The molecule has 316 valence electrons. The lowest BCUT2D eigenvalue weighted by atomic mass is 9.86. The predicted molar refractivity (Wildman–Crippen MR) is 242 cm³/mol. The van der Waals surface area contributed by atoms with Gasteiger partial charge in [-0.25, -0.2) is 15.8 Å². The third kappa shape index (κ3) is 11.3. The first-order chi connectivity index (χ1) is 28.3. The molecule has 1 atom stereocenters. The minimum absolute atomic E-state index is 0.0619. The van der Waals surface area contributed by atoms with E-state index in [2.05, 4.69) is 108 Å². The zero-order chi connectivity index (χ0) is 43.9. The van der Waals surface area contributed by atoms with Gasteiger partial charge in [0.2, 0.25) is 11.9 Å². The van der Waals surface area contributed by atoms with Gasteiger partial charge in [0.15, 0.2) is 0 Å². The minimum atomic E-state index is -0.699. The van der Waals surface area contributed by atoms with Gasteiger partial charge in [-0.1, -0.05) is 102 Å². The van der Waals surface area contributed by atoms with Gasteiger partial charge in [0.1, 0.15) is 11.7 Å². The van der Waals surface area contributed by atoms with E-state index in [9.17, 15) is 14.4 Å². The SMILES string of the molecule is CCOC(=O)C(Cc1ccc(C(C)(C)C)cc1)C(C)=O.Cc1ccc2nc(-n3[nH]c(C)c(Cc4ccc(C(C)(C)C)cc4)c3=O)[nH]c2c1.Cc1ccc2nc(NN)[nH]c2c1. The van der Waals surface area contributed by atoms with Crippen LogP contribution < -0.4 is 16.8 Å². The number of anilines is 1. The molecule has 1 unspecified atom stereocenters. The fraction of sp³-hybridized carbons (Fsp3) is 0.354. The molecule has 60 heavy (non-hydrogen) atoms. The molecule has 3 heterocycles. The molecule has 0 fully saturated rings. The van der Waals surface area contributed by atoms with Crippen LogP contribution in [-0.4, -0.2) is 48.1 Å². The average Bonchev–Trinajstić information content (AvgIpc) is 3.88. The fourth-order valence-corrected chi connectivity index (χ4v) is 6.69. The van der Waals surface area contributed by atoms with E-state index in [1.807, 2.05) is 69.3 Å². The monoisotopic (exact) mass is 812 g/mol. The summed E-state index contributed by atoms with van der Waals surface area (Å²) in [5.74, 6) is 5.04. The Hall–Kier alpha value is -6.27. The van der Waals surface area contributed by atoms with Crippen LogP contribution in [0.4, 0.5) is 5.95 Å². The van der Waals surface area contributed by atoms with Crippen LogP contribution in [0.5, 0.6) is 0 Å². The van der Waals surface area contributed by atoms with Crippen LogP contribution in [0, 0.1) is 26.7 Å². The first-order valence-electron chi connectivity index (χ1n) is 20.3. The predicted octanol–water partition coefficient (Wildman–Crippen LogP) is 9.00. The molecule has 6 N–H and O–H groups in total. The second-order valence-electron chi connectivity index (χ2n) is 17.4. The fourth-order valence-electron chi connectivity index (χ4n) is 6.69. The summed E-state index contributed by atoms with van der Waals surface area (Å²) in [5, 5.41) is 3.17. The van der Waals surface area contributed by atoms with Crippen molar-refractivity contribution in [3.05, 3.63) is 140 Å². The van der Waals surface area contributed by atoms with Crippen LogP contribution in [0.2, 0.25) is 0 Å². The number of carbonyl (C=O) groups excluding carboxylic acids is 2. The summed E-state index contributed by atoms with van der Waals surface area (Å²) in [5.41, 5.74) is 14.9. The van der Waals surface area contributed by atoms with Crippen LogP contribution in [0.3, 0.4) is 0 Å². The summed E-state index contributed by atoms with van der Waals surface area (Å²) >= 11 is 0. The Morgan fingerprint density at radius 2 is 1.28 bits per heavy atom. The molecule has 0 aliphatic rings. The number of hydrogen-bond donors (Lipinski definition) is 5. The molecule has 0 aliphatic heterocycles. The highest BCUT2D eigenvalue weighted by Crippen LogP contribution is 2.25. The van der Waals surface area contributed by atoms with Gasteiger partial charge in [0.25, 0.3) is 5.56 Å². The second-order valence-corrected chi connectivity index (χ2v) is 17.4. The van der Waals surface area contributed by atoms with Crippen molar-refractivity contribution in [1.29, 1.82) is 0 Å². The van der Waals surface area contributed by atoms with Gasteiger partial charge in [0, 0.05) is 17.7 Å². The lowest BCUT2D eigenvalue weighted by molar-refractivity contribution is -0.151. The van der Waals surface area contributed by atoms with Crippen LogP contribution in [0.15, 0.2) is 89.7 Å². The molecule has 0 aliphatic carbocycles. The number of imidazole rings is 2. The highest BCUT2D eigenvalue weighted by atomic mass is 16.5. The number of fused-ring (bicyclic) bond motifs is 2. The summed E-state index contributed by atoms with van der Waals surface area (Å²) in [6, 6.07) is 28.6. The number of nitrogens with one attached hydrogen (secondary N) is 4. The van der Waals surface area contributed by atoms with Crippen molar-refractivity contribution in [1.82, 2.24) is 29.7 Å². The van der Waals surface area contributed by atoms with Crippen LogP contribution in [0.1, 0.15) is 100 Å². The maximum Gasteiger partial charge on any atom is 0.316 e. The number of esters is 1. The molecule has 0 saturated carbocycles. The van der Waals surface area contributed by atoms with Crippen LogP contribution in [0.25, 0.3) is 28.0 Å². The number of hydrogen-bond acceptors (Lipinski definition) is 8. The topological polar surface area (TPSA) is 177 Å². The minimum Gasteiger partial charge on any atom is -0.465 e. The maximum atomic E-state index is 13.0. The third-order valence-electron chi connectivity index (χ3n) is 10.3. The number of Topliss-reactive ketones (excluding diaryl/α,β-unsaturated/α-hetero) is 1. The molecule has 0 spiro atoms. The molecule has 0 radical (unpaired) electrons. The first kappa shape index (κ1) is 44.8. The zero-order valence-corrected chi connectivity index (χ0v) is 36.8. The van der Waals surface area contributed by atoms with E-state index in [0.717, 1.165) is 50.0 Å². The number of aromatic nitrogens is 6. The molecular formula is C48H60N8O4. The Balaban J connectivity index is 0.000000186. The molecule has 12 heteroatoms. The molecule has 12 nitrogen and oxygen atoms in total. The molecule has 0 bridgehead atoms. The van der Waals surface area contributed by atoms with E-state index in [0.29, 0.717) is 31.3 Å². The molecule has 3 aromatic heterocycles. The van der Waals surface area contributed by atoms with E-state index in [1.54, 1.807) is 6.92 Å². The van der Waals surface area contributed by atoms with E-state index in [-0.39, 0.29) is 22.2 Å². The first-order valence-corrected chi connectivity index (χ1v) is 20.3. The van der Waals surface area contributed by atoms with Gasteiger partial charge in [-0.15, -0.1) is 0 Å². The quantitative estimate of drug-likeness (QED) is 0.0415.